The van der Waals surface area contributed by atoms with Crippen molar-refractivity contribution in [2.45, 2.75) is 6.61 Å². The Labute approximate surface area is 240 Å². The molecule has 40 heavy (non-hydrogen) atoms. The van der Waals surface area contributed by atoms with E-state index >= 15 is 0 Å². The van der Waals surface area contributed by atoms with Gasteiger partial charge in [-0.15, -0.1) is 0 Å². The second-order valence-electron chi connectivity index (χ2n) is 8.27. The first kappa shape index (κ1) is 27.2. The molecule has 0 aromatic heterocycles. The topological polar surface area (TPSA) is 119 Å². The first-order chi connectivity index (χ1) is 19.1. The van der Waals surface area contributed by atoms with Gasteiger partial charge < -0.3 is 9.47 Å². The molecule has 202 valence electrons. The highest BCUT2D eigenvalue weighted by molar-refractivity contribution is 8.26. The van der Waals surface area contributed by atoms with Gasteiger partial charge in [0, 0.05) is 11.6 Å². The Bertz CT molecular complexity index is 1660. The van der Waals surface area contributed by atoms with E-state index in [1.165, 1.54) is 37.5 Å². The number of nitro benzene ring substituents is 1. The number of hydrogen-bond donors (Lipinski definition) is 0. The SMILES string of the molecule is COc1cc(C=C2SC(=S)N(N3C(=O)c4cccc([N+](=O)[O-])c4C3=O)C2=O)ccc1OCc1c(F)cccc1Cl. The first-order valence-corrected chi connectivity index (χ1v) is 12.9. The van der Waals surface area contributed by atoms with Crippen LogP contribution in [0.4, 0.5) is 10.1 Å². The fourth-order valence-electron chi connectivity index (χ4n) is 4.09. The van der Waals surface area contributed by atoms with Crippen molar-refractivity contribution < 1.29 is 33.2 Å². The van der Waals surface area contributed by atoms with Crippen molar-refractivity contribution in [1.29, 1.82) is 0 Å². The van der Waals surface area contributed by atoms with Crippen LogP contribution in [0.15, 0.2) is 59.5 Å². The summed E-state index contributed by atoms with van der Waals surface area (Å²) in [5.74, 6) is -2.63. The van der Waals surface area contributed by atoms with Gasteiger partial charge in [0.25, 0.3) is 23.4 Å². The first-order valence-electron chi connectivity index (χ1n) is 11.3. The number of methoxy groups -OCH3 is 1. The molecular weight excluding hydrogens is 585 g/mol. The van der Waals surface area contributed by atoms with Gasteiger partial charge in [-0.1, -0.05) is 41.6 Å². The van der Waals surface area contributed by atoms with Crippen LogP contribution in [0.1, 0.15) is 31.8 Å². The molecule has 0 N–H and O–H groups in total. The summed E-state index contributed by atoms with van der Waals surface area (Å²) < 4.78 is 25.1. The lowest BCUT2D eigenvalue weighted by atomic mass is 10.1. The van der Waals surface area contributed by atoms with Crippen LogP contribution in [0.25, 0.3) is 6.08 Å². The molecule has 3 aromatic carbocycles. The quantitative estimate of drug-likeness (QED) is 0.116. The van der Waals surface area contributed by atoms with Crippen molar-refractivity contribution in [3.63, 3.8) is 0 Å². The van der Waals surface area contributed by atoms with E-state index in [0.717, 1.165) is 22.8 Å². The van der Waals surface area contributed by atoms with Crippen LogP contribution in [0.2, 0.25) is 5.02 Å². The van der Waals surface area contributed by atoms with Gasteiger partial charge in [0.2, 0.25) is 0 Å². The Morgan fingerprint density at radius 2 is 1.80 bits per heavy atom. The largest absolute Gasteiger partial charge is 0.493 e. The number of thioether (sulfide) groups is 1. The molecule has 3 aromatic rings. The highest BCUT2D eigenvalue weighted by Crippen LogP contribution is 2.39. The molecule has 0 saturated carbocycles. The molecule has 1 saturated heterocycles. The summed E-state index contributed by atoms with van der Waals surface area (Å²) in [4.78, 5) is 50.0. The van der Waals surface area contributed by atoms with Crippen LogP contribution in [0.5, 0.6) is 11.5 Å². The second kappa shape index (κ2) is 10.7. The number of hydrazine groups is 1. The van der Waals surface area contributed by atoms with Crippen LogP contribution in [-0.4, -0.2) is 44.1 Å². The molecule has 10 nitrogen and oxygen atoms in total. The number of amides is 3. The monoisotopic (exact) mass is 599 g/mol. The van der Waals surface area contributed by atoms with Crippen molar-refractivity contribution in [3.05, 3.63) is 103 Å². The third kappa shape index (κ3) is 4.68. The van der Waals surface area contributed by atoms with E-state index in [2.05, 4.69) is 0 Å². The Hall–Kier alpha value is -4.33. The minimum Gasteiger partial charge on any atom is -0.493 e. The average molecular weight is 600 g/mol. The third-order valence-corrected chi connectivity index (χ3v) is 7.60. The molecule has 0 aliphatic carbocycles. The van der Waals surface area contributed by atoms with Crippen LogP contribution < -0.4 is 9.47 Å². The molecule has 5 rings (SSSR count). The smallest absolute Gasteiger partial charge is 0.288 e. The second-order valence-corrected chi connectivity index (χ2v) is 10.4. The van der Waals surface area contributed by atoms with Crippen molar-refractivity contribution in [3.8, 4) is 11.5 Å². The van der Waals surface area contributed by atoms with E-state index in [0.29, 0.717) is 16.3 Å². The van der Waals surface area contributed by atoms with E-state index in [1.807, 2.05) is 0 Å². The molecule has 3 amide bonds. The van der Waals surface area contributed by atoms with Crippen LogP contribution >= 0.6 is 35.6 Å². The summed E-state index contributed by atoms with van der Waals surface area (Å²) in [7, 11) is 1.41. The van der Waals surface area contributed by atoms with Crippen molar-refractivity contribution >= 4 is 69.4 Å². The van der Waals surface area contributed by atoms with Gasteiger partial charge in [-0.25, -0.2) is 4.39 Å². The summed E-state index contributed by atoms with van der Waals surface area (Å²) in [6.45, 7) is -0.154. The number of carbonyl (C=O) groups is 3. The molecule has 2 aliphatic heterocycles. The molecule has 0 atom stereocenters. The van der Waals surface area contributed by atoms with Gasteiger partial charge in [-0.3, -0.25) is 24.5 Å². The van der Waals surface area contributed by atoms with Gasteiger partial charge in [0.15, 0.2) is 15.8 Å². The van der Waals surface area contributed by atoms with Crippen molar-refractivity contribution in [1.82, 2.24) is 10.0 Å². The molecule has 2 aliphatic rings. The zero-order valence-electron chi connectivity index (χ0n) is 20.3. The molecule has 0 spiro atoms. The predicted molar refractivity (Wildman–Crippen MR) is 147 cm³/mol. The minimum atomic E-state index is -1.03. The number of fused-ring (bicyclic) bond motifs is 1. The van der Waals surface area contributed by atoms with Gasteiger partial charge in [-0.05, 0) is 54.2 Å². The molecule has 0 unspecified atom stereocenters. The Morgan fingerprint density at radius 1 is 1.05 bits per heavy atom. The lowest BCUT2D eigenvalue weighted by Gasteiger charge is -2.23. The summed E-state index contributed by atoms with van der Waals surface area (Å²) in [5, 5.41) is 12.9. The number of nitro groups is 1. The highest BCUT2D eigenvalue weighted by atomic mass is 35.5. The van der Waals surface area contributed by atoms with Crippen LogP contribution in [0.3, 0.4) is 0 Å². The normalized spacial score (nSPS) is 15.7. The van der Waals surface area contributed by atoms with Gasteiger partial charge in [0.1, 0.15) is 18.0 Å². The number of halogens is 2. The fourth-order valence-corrected chi connectivity index (χ4v) is 5.55. The highest BCUT2D eigenvalue weighted by Gasteiger charge is 2.49. The number of carbonyl (C=O) groups excluding carboxylic acids is 3. The van der Waals surface area contributed by atoms with E-state index in [4.69, 9.17) is 33.3 Å². The zero-order chi connectivity index (χ0) is 28.7. The summed E-state index contributed by atoms with van der Waals surface area (Å²) in [6, 6.07) is 12.7. The van der Waals surface area contributed by atoms with Gasteiger partial charge in [-0.2, -0.15) is 10.0 Å². The van der Waals surface area contributed by atoms with E-state index in [9.17, 15) is 28.9 Å². The maximum atomic E-state index is 14.1. The Balaban J connectivity index is 1.39. The lowest BCUT2D eigenvalue weighted by molar-refractivity contribution is -0.385. The van der Waals surface area contributed by atoms with E-state index in [-0.39, 0.29) is 37.7 Å². The molecular formula is C26H15ClFN3O7S2. The summed E-state index contributed by atoms with van der Waals surface area (Å²) in [5.41, 5.74) is -0.489. The lowest BCUT2D eigenvalue weighted by Crippen LogP contribution is -2.48. The maximum Gasteiger partial charge on any atom is 0.288 e. The molecule has 0 radical (unpaired) electrons. The fraction of sp³-hybridized carbons (Fsp3) is 0.0769. The van der Waals surface area contributed by atoms with E-state index in [1.54, 1.807) is 24.3 Å². The number of hydrogen-bond acceptors (Lipinski definition) is 9. The maximum absolute atomic E-state index is 14.1. The number of nitrogens with zero attached hydrogens (tertiary/aromatic N) is 3. The summed E-state index contributed by atoms with van der Waals surface area (Å²) in [6.07, 6.45) is 1.47. The summed E-state index contributed by atoms with van der Waals surface area (Å²) >= 11 is 12.2. The Morgan fingerprint density at radius 3 is 2.50 bits per heavy atom. The number of benzene rings is 3. The Kier molecular flexibility index (Phi) is 7.27. The molecule has 1 fully saturated rings. The minimum absolute atomic E-state index is 0.0879. The zero-order valence-corrected chi connectivity index (χ0v) is 22.6. The van der Waals surface area contributed by atoms with Crippen molar-refractivity contribution in [2.75, 3.05) is 7.11 Å². The number of ether oxygens (including phenoxy) is 2. The van der Waals surface area contributed by atoms with Gasteiger partial charge >= 0.3 is 0 Å². The number of rotatable bonds is 7. The molecule has 0 bridgehead atoms. The average Bonchev–Trinajstić information content (AvgIpc) is 3.34. The third-order valence-electron chi connectivity index (χ3n) is 5.96. The number of thiocarbonyl (C=S) groups is 1. The standard InChI is InChI=1S/C26H15ClFN3O7S2/c1-37-20-10-13(8-9-19(20)38-12-15-16(27)5-3-6-17(15)28)11-21-24(33)30(26(39)40-21)29-23(32)14-4-2-7-18(31(35)36)22(14)25(29)34/h2-11H,12H2,1H3. The predicted octanol–water partition coefficient (Wildman–Crippen LogP) is 5.39. The van der Waals surface area contributed by atoms with Crippen molar-refractivity contribution in [2.24, 2.45) is 0 Å². The van der Waals surface area contributed by atoms with Gasteiger partial charge in [0.05, 0.1) is 27.5 Å². The van der Waals surface area contributed by atoms with E-state index < -0.39 is 39.7 Å². The number of imide groups is 1. The molecule has 2 heterocycles. The van der Waals surface area contributed by atoms with Crippen LogP contribution in [-0.2, 0) is 11.4 Å². The van der Waals surface area contributed by atoms with Crippen LogP contribution in [0, 0.1) is 15.9 Å². The molecule has 14 heteroatoms.